The van der Waals surface area contributed by atoms with Crippen molar-refractivity contribution in [3.05, 3.63) is 43.8 Å². The second-order valence-electron chi connectivity index (χ2n) is 5.93. The van der Waals surface area contributed by atoms with E-state index in [4.69, 9.17) is 21.3 Å². The van der Waals surface area contributed by atoms with Crippen LogP contribution in [0.2, 0.25) is 0 Å². The van der Waals surface area contributed by atoms with Crippen LogP contribution in [0.5, 0.6) is 0 Å². The van der Waals surface area contributed by atoms with E-state index in [1.165, 1.54) is 12.5 Å². The maximum Gasteiger partial charge on any atom is 0.238 e. The molecule has 1 aliphatic heterocycles. The first-order chi connectivity index (χ1) is 14.5. The molecule has 1 rings (SSSR count). The molecule has 0 saturated heterocycles. The van der Waals surface area contributed by atoms with Gasteiger partial charge in [-0.1, -0.05) is 0 Å². The van der Waals surface area contributed by atoms with Crippen LogP contribution in [-0.2, 0) is 19.1 Å². The average molecular weight is 420 g/mol. The molecule has 0 bridgehead atoms. The first kappa shape index (κ1) is 24.2. The van der Waals surface area contributed by atoms with E-state index in [-0.39, 0.29) is 32.8 Å². The van der Waals surface area contributed by atoms with E-state index < -0.39 is 17.7 Å². The van der Waals surface area contributed by atoms with E-state index in [2.05, 4.69) is 30.1 Å². The second kappa shape index (κ2) is 14.2. The Balaban J connectivity index is 2.92. The summed E-state index contributed by atoms with van der Waals surface area (Å²) in [7, 11) is 0. The van der Waals surface area contributed by atoms with Gasteiger partial charge in [-0.2, -0.15) is 0 Å². The second-order valence-corrected chi connectivity index (χ2v) is 5.93. The number of rotatable bonds is 6. The van der Waals surface area contributed by atoms with Crippen molar-refractivity contribution in [3.8, 4) is 0 Å². The topological polar surface area (TPSA) is 216 Å². The van der Waals surface area contributed by atoms with Crippen molar-refractivity contribution in [3.63, 3.8) is 0 Å². The van der Waals surface area contributed by atoms with E-state index in [0.717, 1.165) is 0 Å². The molecule has 30 heavy (non-hydrogen) atoms. The molecule has 0 aromatic rings. The van der Waals surface area contributed by atoms with Gasteiger partial charge in [-0.15, -0.1) is 0 Å². The largest absolute Gasteiger partial charge is 0.498 e. The molecule has 0 fully saturated rings. The zero-order chi connectivity index (χ0) is 22.2. The molecule has 16 heteroatoms. The van der Waals surface area contributed by atoms with Gasteiger partial charge in [0.05, 0.1) is 25.9 Å². The van der Waals surface area contributed by atoms with E-state index in [9.17, 15) is 14.4 Å². The Hall–Kier alpha value is -3.80. The molecular formula is C14H20N12O4. The lowest BCUT2D eigenvalue weighted by Gasteiger charge is -2.29. The van der Waals surface area contributed by atoms with Crippen LogP contribution >= 0.6 is 0 Å². The highest BCUT2D eigenvalue weighted by molar-refractivity contribution is 5.79. The van der Waals surface area contributed by atoms with Gasteiger partial charge < -0.3 is 9.64 Å². The van der Waals surface area contributed by atoms with Gasteiger partial charge in [0.1, 0.15) is 6.61 Å². The summed E-state index contributed by atoms with van der Waals surface area (Å²) in [6.45, 7) is 1.27. The predicted molar refractivity (Wildman–Crippen MR) is 102 cm³/mol. The summed E-state index contributed by atoms with van der Waals surface area (Å²) in [4.78, 5) is 47.3. The van der Waals surface area contributed by atoms with Gasteiger partial charge in [-0.25, -0.2) is 0 Å². The minimum atomic E-state index is -0.686. The van der Waals surface area contributed by atoms with Crippen LogP contribution in [0.4, 0.5) is 0 Å². The third kappa shape index (κ3) is 10.5. The number of amides is 3. The molecule has 0 N–H and O–H groups in total. The molecule has 3 amide bonds. The molecular weight excluding hydrogens is 400 g/mol. The number of hydrogen-bond acceptors (Lipinski definition) is 7. The summed E-state index contributed by atoms with van der Waals surface area (Å²) >= 11 is 0. The first-order valence-corrected chi connectivity index (χ1v) is 8.69. The lowest BCUT2D eigenvalue weighted by atomic mass is 10.3. The fourth-order valence-corrected chi connectivity index (χ4v) is 2.48. The summed E-state index contributed by atoms with van der Waals surface area (Å²) in [6.07, 6.45) is 2.85. The normalized spacial score (nSPS) is 16.9. The van der Waals surface area contributed by atoms with Crippen LogP contribution in [0.15, 0.2) is 27.8 Å². The van der Waals surface area contributed by atoms with Gasteiger partial charge in [0.25, 0.3) is 0 Å². The Morgan fingerprint density at radius 1 is 0.767 bits per heavy atom. The zero-order valence-corrected chi connectivity index (χ0v) is 16.0. The number of nitrogens with zero attached hydrogens (tertiary/aromatic N) is 12. The maximum absolute atomic E-state index is 11.7. The van der Waals surface area contributed by atoms with Crippen molar-refractivity contribution in [2.24, 2.45) is 15.3 Å². The number of azide groups is 3. The van der Waals surface area contributed by atoms with Crippen molar-refractivity contribution in [1.82, 2.24) is 14.7 Å². The van der Waals surface area contributed by atoms with Crippen molar-refractivity contribution < 1.29 is 19.1 Å². The predicted octanol–water partition coefficient (Wildman–Crippen LogP) is 0.904. The summed E-state index contributed by atoms with van der Waals surface area (Å²) in [5.41, 5.74) is 25.2. The van der Waals surface area contributed by atoms with Crippen LogP contribution in [-0.4, -0.2) is 91.4 Å². The monoisotopic (exact) mass is 420 g/mol. The third-order valence-electron chi connectivity index (χ3n) is 3.85. The van der Waals surface area contributed by atoms with Crippen LogP contribution < -0.4 is 0 Å². The summed E-state index contributed by atoms with van der Waals surface area (Å²) in [5, 5.41) is 9.12. The van der Waals surface area contributed by atoms with Gasteiger partial charge in [-0.3, -0.25) is 24.2 Å². The molecule has 16 nitrogen and oxygen atoms in total. The van der Waals surface area contributed by atoms with Crippen molar-refractivity contribution in [2.75, 3.05) is 59.0 Å². The van der Waals surface area contributed by atoms with Crippen LogP contribution in [0.25, 0.3) is 31.3 Å². The highest BCUT2D eigenvalue weighted by atomic mass is 16.5. The molecule has 0 aliphatic carbocycles. The Kier molecular flexibility index (Phi) is 11.5. The lowest BCUT2D eigenvalue weighted by molar-refractivity contribution is -0.121. The molecule has 0 spiro atoms. The average Bonchev–Trinajstić information content (AvgIpc) is 2.68. The quantitative estimate of drug-likeness (QED) is 0.343. The highest BCUT2D eigenvalue weighted by Crippen LogP contribution is 2.01. The van der Waals surface area contributed by atoms with E-state index >= 15 is 0 Å². The van der Waals surface area contributed by atoms with Gasteiger partial charge in [0.2, 0.25) is 17.7 Å². The molecule has 1 heterocycles. The van der Waals surface area contributed by atoms with Crippen molar-refractivity contribution >= 4 is 17.7 Å². The molecule has 160 valence electrons. The molecule has 1 aliphatic rings. The first-order valence-electron chi connectivity index (χ1n) is 8.69. The zero-order valence-electron chi connectivity index (χ0n) is 16.0. The standard InChI is InChI=1S/C14H20N12O4/c15-21-18-12(27)9-24-1-3-25(10-13(28)19-22-16)5-7-30-8-6-26(4-2-24)11-14(29)20-23-17/h5,7H,1-4,6,8-11H2/b7-5-. The fraction of sp³-hybridized carbons (Fsp3) is 0.643. The number of hydrogen-bond donors (Lipinski definition) is 0. The smallest absolute Gasteiger partial charge is 0.238 e. The SMILES string of the molecule is [N-]=[N+]=NC(=O)CN1/C=C\OCCN(CC(=O)N=[N+]=[N-])CCN(CC(=O)N=[N+]=[N-])CC1. The lowest BCUT2D eigenvalue weighted by Crippen LogP contribution is -2.43. The summed E-state index contributed by atoms with van der Waals surface area (Å²) in [5.74, 6) is -2.02. The molecule has 0 aromatic carbocycles. The number of ether oxygens (including phenoxy) is 1. The molecule has 0 atom stereocenters. The van der Waals surface area contributed by atoms with Crippen molar-refractivity contribution in [2.45, 2.75) is 0 Å². The highest BCUT2D eigenvalue weighted by Gasteiger charge is 2.16. The van der Waals surface area contributed by atoms with Crippen LogP contribution in [0, 0.1) is 0 Å². The van der Waals surface area contributed by atoms with Gasteiger partial charge in [-0.05, 0) is 31.9 Å². The Bertz CT molecular complexity index is 795. The Morgan fingerprint density at radius 2 is 1.23 bits per heavy atom. The fourth-order valence-electron chi connectivity index (χ4n) is 2.48. The van der Waals surface area contributed by atoms with Crippen LogP contribution in [0.3, 0.4) is 0 Å². The van der Waals surface area contributed by atoms with Gasteiger partial charge in [0.15, 0.2) is 0 Å². The van der Waals surface area contributed by atoms with E-state index in [1.54, 1.807) is 14.7 Å². The van der Waals surface area contributed by atoms with E-state index in [0.29, 0.717) is 26.2 Å². The van der Waals surface area contributed by atoms with Gasteiger partial charge in [0, 0.05) is 53.7 Å². The molecule has 0 unspecified atom stereocenters. The van der Waals surface area contributed by atoms with Crippen molar-refractivity contribution in [1.29, 1.82) is 0 Å². The minimum Gasteiger partial charge on any atom is -0.498 e. The van der Waals surface area contributed by atoms with E-state index in [1.807, 2.05) is 0 Å². The van der Waals surface area contributed by atoms with Crippen LogP contribution in [0.1, 0.15) is 0 Å². The molecule has 0 radical (unpaired) electrons. The van der Waals surface area contributed by atoms with Gasteiger partial charge >= 0.3 is 0 Å². The summed E-state index contributed by atoms with van der Waals surface area (Å²) < 4.78 is 5.36. The molecule has 0 saturated carbocycles. The minimum absolute atomic E-state index is 0.123. The number of carbonyl (C=O) groups excluding carboxylic acids is 3. The number of carbonyl (C=O) groups is 3. The maximum atomic E-state index is 11.7. The summed E-state index contributed by atoms with van der Waals surface area (Å²) in [6, 6.07) is 0. The Morgan fingerprint density at radius 3 is 1.77 bits per heavy atom. The third-order valence-corrected chi connectivity index (χ3v) is 3.85. The molecule has 0 aromatic heterocycles. The Labute approximate surface area is 170 Å².